The fourth-order valence-electron chi connectivity index (χ4n) is 1.88. The second kappa shape index (κ2) is 4.90. The molecule has 5 nitrogen and oxygen atoms in total. The van der Waals surface area contributed by atoms with E-state index in [9.17, 15) is 9.50 Å². The molecule has 6 heteroatoms. The van der Waals surface area contributed by atoms with Gasteiger partial charge < -0.3 is 15.4 Å². The number of nitrogens with two attached hydrogens (primary N) is 1. The van der Waals surface area contributed by atoms with E-state index in [0.717, 1.165) is 0 Å². The van der Waals surface area contributed by atoms with Crippen molar-refractivity contribution in [1.82, 2.24) is 10.1 Å². The lowest BCUT2D eigenvalue weighted by Gasteiger charge is -1.99. The van der Waals surface area contributed by atoms with Crippen LogP contribution in [0.15, 0.2) is 40.9 Å². The number of phenols is 1. The molecule has 0 aliphatic rings. The molecular weight excluding hydrogens is 273 g/mol. The van der Waals surface area contributed by atoms with E-state index in [4.69, 9.17) is 10.3 Å². The van der Waals surface area contributed by atoms with Gasteiger partial charge >= 0.3 is 0 Å². The van der Waals surface area contributed by atoms with Crippen LogP contribution in [0, 0.1) is 12.7 Å². The third-order valence-corrected chi connectivity index (χ3v) is 3.13. The highest BCUT2D eigenvalue weighted by atomic mass is 19.1. The van der Waals surface area contributed by atoms with Crippen LogP contribution in [0.4, 0.5) is 10.1 Å². The summed E-state index contributed by atoms with van der Waals surface area (Å²) < 4.78 is 18.7. The smallest absolute Gasteiger partial charge is 0.258 e. The molecule has 0 unspecified atom stereocenters. The van der Waals surface area contributed by atoms with Gasteiger partial charge in [0, 0.05) is 11.1 Å². The van der Waals surface area contributed by atoms with Crippen LogP contribution in [0.5, 0.6) is 5.75 Å². The van der Waals surface area contributed by atoms with Crippen molar-refractivity contribution < 1.29 is 14.0 Å². The zero-order chi connectivity index (χ0) is 15.0. The Morgan fingerprint density at radius 2 is 1.90 bits per heavy atom. The predicted molar refractivity (Wildman–Crippen MR) is 75.9 cm³/mol. The van der Waals surface area contributed by atoms with E-state index in [-0.39, 0.29) is 29.0 Å². The van der Waals surface area contributed by atoms with Crippen molar-refractivity contribution in [2.75, 3.05) is 5.73 Å². The average Bonchev–Trinajstić information content (AvgIpc) is 2.94. The van der Waals surface area contributed by atoms with Crippen LogP contribution in [-0.4, -0.2) is 15.2 Å². The van der Waals surface area contributed by atoms with E-state index in [1.165, 1.54) is 18.2 Å². The summed E-state index contributed by atoms with van der Waals surface area (Å²) in [5.74, 6) is 0.194. The van der Waals surface area contributed by atoms with Crippen molar-refractivity contribution in [2.45, 2.75) is 6.92 Å². The van der Waals surface area contributed by atoms with Gasteiger partial charge in [-0.3, -0.25) is 0 Å². The summed E-state index contributed by atoms with van der Waals surface area (Å²) in [6, 6.07) is 9.31. The summed E-state index contributed by atoms with van der Waals surface area (Å²) in [6.07, 6.45) is 0. The largest absolute Gasteiger partial charge is 0.506 e. The Labute approximate surface area is 119 Å². The Hall–Kier alpha value is -2.89. The zero-order valence-corrected chi connectivity index (χ0v) is 11.2. The fourth-order valence-corrected chi connectivity index (χ4v) is 1.88. The number of anilines is 1. The van der Waals surface area contributed by atoms with Crippen molar-refractivity contribution in [1.29, 1.82) is 0 Å². The molecule has 21 heavy (non-hydrogen) atoms. The van der Waals surface area contributed by atoms with Crippen LogP contribution in [-0.2, 0) is 0 Å². The monoisotopic (exact) mass is 285 g/mol. The van der Waals surface area contributed by atoms with Gasteiger partial charge in [0.1, 0.15) is 11.6 Å². The first-order valence-electron chi connectivity index (χ1n) is 6.23. The number of aryl methyl sites for hydroxylation is 1. The first kappa shape index (κ1) is 13.1. The maximum atomic E-state index is 13.6. The van der Waals surface area contributed by atoms with Crippen molar-refractivity contribution in [3.63, 3.8) is 0 Å². The van der Waals surface area contributed by atoms with Crippen LogP contribution in [0.1, 0.15) is 5.56 Å². The molecule has 0 fully saturated rings. The van der Waals surface area contributed by atoms with Gasteiger partial charge in [-0.1, -0.05) is 17.3 Å². The third-order valence-electron chi connectivity index (χ3n) is 3.13. The van der Waals surface area contributed by atoms with E-state index in [2.05, 4.69) is 10.1 Å². The summed E-state index contributed by atoms with van der Waals surface area (Å²) in [5, 5.41) is 13.2. The molecule has 3 rings (SSSR count). The Morgan fingerprint density at radius 3 is 2.62 bits per heavy atom. The molecule has 0 aliphatic carbocycles. The van der Waals surface area contributed by atoms with Crippen LogP contribution < -0.4 is 5.73 Å². The second-order valence-corrected chi connectivity index (χ2v) is 4.66. The molecule has 0 spiro atoms. The number of benzene rings is 2. The van der Waals surface area contributed by atoms with Gasteiger partial charge in [0.15, 0.2) is 0 Å². The Bertz CT molecular complexity index is 748. The molecule has 0 saturated carbocycles. The Morgan fingerprint density at radius 1 is 1.14 bits per heavy atom. The maximum Gasteiger partial charge on any atom is 0.258 e. The molecule has 106 valence electrons. The molecule has 0 amide bonds. The van der Waals surface area contributed by atoms with Crippen molar-refractivity contribution in [3.05, 3.63) is 47.8 Å². The second-order valence-electron chi connectivity index (χ2n) is 4.66. The molecule has 1 aromatic heterocycles. The number of phenolic OH excluding ortho intramolecular Hbond substituents is 1. The van der Waals surface area contributed by atoms with Crippen LogP contribution in [0.25, 0.3) is 22.8 Å². The molecule has 0 aliphatic heterocycles. The van der Waals surface area contributed by atoms with E-state index >= 15 is 0 Å². The Kier molecular flexibility index (Phi) is 3.06. The molecule has 0 bridgehead atoms. The minimum Gasteiger partial charge on any atom is -0.506 e. The number of rotatable bonds is 2. The summed E-state index contributed by atoms with van der Waals surface area (Å²) in [4.78, 5) is 4.21. The van der Waals surface area contributed by atoms with E-state index in [1.807, 2.05) is 0 Å². The molecule has 2 aromatic carbocycles. The highest BCUT2D eigenvalue weighted by Crippen LogP contribution is 2.28. The van der Waals surface area contributed by atoms with Crippen molar-refractivity contribution in [2.24, 2.45) is 0 Å². The van der Waals surface area contributed by atoms with Gasteiger partial charge in [-0.15, -0.1) is 0 Å². The van der Waals surface area contributed by atoms with Gasteiger partial charge in [-0.25, -0.2) is 4.39 Å². The standard InChI is InChI=1S/C15H12FN3O2/c1-8-2-3-9(6-11(8)16)14-18-15(21-19-14)10-4-5-13(20)12(17)7-10/h2-7,20H,17H2,1H3. The lowest BCUT2D eigenvalue weighted by atomic mass is 10.1. The average molecular weight is 285 g/mol. The highest BCUT2D eigenvalue weighted by Gasteiger charge is 2.12. The van der Waals surface area contributed by atoms with Gasteiger partial charge in [0.25, 0.3) is 5.89 Å². The third kappa shape index (κ3) is 2.43. The SMILES string of the molecule is Cc1ccc(-c2noc(-c3ccc(O)c(N)c3)n2)cc1F. The molecular formula is C15H12FN3O2. The summed E-state index contributed by atoms with van der Waals surface area (Å²) >= 11 is 0. The number of hydrogen-bond donors (Lipinski definition) is 2. The molecule has 0 radical (unpaired) electrons. The maximum absolute atomic E-state index is 13.6. The van der Waals surface area contributed by atoms with Crippen LogP contribution in [0.3, 0.4) is 0 Å². The topological polar surface area (TPSA) is 85.2 Å². The Balaban J connectivity index is 1.99. The van der Waals surface area contributed by atoms with Gasteiger partial charge in [-0.05, 0) is 36.8 Å². The summed E-state index contributed by atoms with van der Waals surface area (Å²) in [6.45, 7) is 1.68. The highest BCUT2D eigenvalue weighted by molar-refractivity contribution is 5.66. The minimum atomic E-state index is -0.326. The first-order valence-corrected chi connectivity index (χ1v) is 6.23. The lowest BCUT2D eigenvalue weighted by molar-refractivity contribution is 0.432. The minimum absolute atomic E-state index is 0.0147. The van der Waals surface area contributed by atoms with E-state index in [1.54, 1.807) is 25.1 Å². The number of aromatic nitrogens is 2. The molecule has 0 atom stereocenters. The first-order chi connectivity index (χ1) is 10.0. The fraction of sp³-hybridized carbons (Fsp3) is 0.0667. The number of aromatic hydroxyl groups is 1. The van der Waals surface area contributed by atoms with Crippen molar-refractivity contribution in [3.8, 4) is 28.6 Å². The van der Waals surface area contributed by atoms with E-state index < -0.39 is 0 Å². The van der Waals surface area contributed by atoms with Crippen LogP contribution in [0.2, 0.25) is 0 Å². The number of nitrogens with zero attached hydrogens (tertiary/aromatic N) is 2. The van der Waals surface area contributed by atoms with Gasteiger partial charge in [0.2, 0.25) is 5.82 Å². The van der Waals surface area contributed by atoms with Gasteiger partial charge in [0.05, 0.1) is 5.69 Å². The molecule has 1 heterocycles. The molecule has 3 N–H and O–H groups in total. The number of nitrogen functional groups attached to an aromatic ring is 1. The van der Waals surface area contributed by atoms with Gasteiger partial charge in [-0.2, -0.15) is 4.98 Å². The number of halogens is 1. The normalized spacial score (nSPS) is 10.8. The summed E-state index contributed by atoms with van der Waals surface area (Å²) in [7, 11) is 0. The van der Waals surface area contributed by atoms with Crippen LogP contribution >= 0.6 is 0 Å². The van der Waals surface area contributed by atoms with Crippen molar-refractivity contribution >= 4 is 5.69 Å². The predicted octanol–water partition coefficient (Wildman–Crippen LogP) is 3.14. The van der Waals surface area contributed by atoms with E-state index in [0.29, 0.717) is 16.7 Å². The number of hydrogen-bond acceptors (Lipinski definition) is 5. The summed E-state index contributed by atoms with van der Waals surface area (Å²) in [5.41, 5.74) is 7.50. The quantitative estimate of drug-likeness (QED) is 0.558. The zero-order valence-electron chi connectivity index (χ0n) is 11.2. The molecule has 3 aromatic rings. The molecule has 0 saturated heterocycles. The lowest BCUT2D eigenvalue weighted by Crippen LogP contribution is -1.88.